The van der Waals surface area contributed by atoms with Crippen molar-refractivity contribution in [3.8, 4) is 11.8 Å². The Morgan fingerprint density at radius 2 is 2.05 bits per heavy atom. The van der Waals surface area contributed by atoms with Crippen molar-refractivity contribution in [1.29, 1.82) is 5.26 Å². The highest BCUT2D eigenvalue weighted by Gasteiger charge is 2.15. The van der Waals surface area contributed by atoms with Crippen LogP contribution in [0.3, 0.4) is 0 Å². The molecule has 0 saturated carbocycles. The third-order valence-electron chi connectivity index (χ3n) is 2.78. The smallest absolute Gasteiger partial charge is 0.305 e. The number of carbonyl (C=O) groups excluding carboxylic acids is 1. The summed E-state index contributed by atoms with van der Waals surface area (Å²) < 4.78 is 5.28. The molecule has 0 bridgehead atoms. The van der Waals surface area contributed by atoms with Gasteiger partial charge < -0.3 is 15.2 Å². The van der Waals surface area contributed by atoms with E-state index in [-0.39, 0.29) is 25.0 Å². The molecule has 1 aromatic rings. The molecule has 0 aliphatic carbocycles. The molecule has 1 aromatic carbocycles. The van der Waals surface area contributed by atoms with Crippen LogP contribution in [0.2, 0.25) is 0 Å². The lowest BCUT2D eigenvalue weighted by molar-refractivity contribution is -0.137. The Bertz CT molecular complexity index is 519. The number of hydrogen-bond donors (Lipinski definition) is 2. The fraction of sp³-hybridized carbons (Fsp3) is 0.400. The van der Waals surface area contributed by atoms with Crippen LogP contribution in [-0.2, 0) is 9.59 Å². The van der Waals surface area contributed by atoms with E-state index in [1.165, 1.54) is 0 Å². The summed E-state index contributed by atoms with van der Waals surface area (Å²) in [4.78, 5) is 22.4. The van der Waals surface area contributed by atoms with Crippen LogP contribution in [0.1, 0.15) is 31.7 Å². The van der Waals surface area contributed by atoms with Crippen molar-refractivity contribution in [3.05, 3.63) is 29.8 Å². The minimum Gasteiger partial charge on any atom is -0.484 e. The molecule has 2 N–H and O–H groups in total. The predicted molar refractivity (Wildman–Crippen MR) is 75.7 cm³/mol. The van der Waals surface area contributed by atoms with Crippen LogP contribution in [-0.4, -0.2) is 29.6 Å². The summed E-state index contributed by atoms with van der Waals surface area (Å²) in [5.74, 6) is -0.824. The summed E-state index contributed by atoms with van der Waals surface area (Å²) in [6, 6.07) is 8.00. The highest BCUT2D eigenvalue weighted by Crippen LogP contribution is 2.11. The zero-order chi connectivity index (χ0) is 15.7. The molecule has 6 heteroatoms. The van der Waals surface area contributed by atoms with Gasteiger partial charge in [0.15, 0.2) is 6.61 Å². The van der Waals surface area contributed by atoms with Gasteiger partial charge in [0, 0.05) is 6.04 Å². The maximum atomic E-state index is 11.7. The number of nitriles is 1. The van der Waals surface area contributed by atoms with Gasteiger partial charge in [0.25, 0.3) is 5.91 Å². The van der Waals surface area contributed by atoms with E-state index in [1.807, 2.05) is 13.0 Å². The summed E-state index contributed by atoms with van der Waals surface area (Å²) in [7, 11) is 0. The Kier molecular flexibility index (Phi) is 6.75. The Hall–Kier alpha value is -2.55. The average molecular weight is 290 g/mol. The molecule has 1 unspecified atom stereocenters. The van der Waals surface area contributed by atoms with Gasteiger partial charge in [-0.3, -0.25) is 9.59 Å². The normalized spacial score (nSPS) is 11.2. The molecule has 0 radical (unpaired) electrons. The minimum atomic E-state index is -0.943. The molecule has 1 amide bonds. The number of benzene rings is 1. The second kappa shape index (κ2) is 8.59. The van der Waals surface area contributed by atoms with Gasteiger partial charge in [-0.2, -0.15) is 5.26 Å². The van der Waals surface area contributed by atoms with Gasteiger partial charge in [-0.15, -0.1) is 0 Å². The molecule has 0 saturated heterocycles. The minimum absolute atomic E-state index is 0.101. The molecule has 21 heavy (non-hydrogen) atoms. The fourth-order valence-corrected chi connectivity index (χ4v) is 1.83. The molecule has 0 aliphatic rings. The number of hydrogen-bond acceptors (Lipinski definition) is 4. The maximum absolute atomic E-state index is 11.7. The number of nitrogens with zero attached hydrogens (tertiary/aromatic N) is 1. The van der Waals surface area contributed by atoms with Gasteiger partial charge in [0.05, 0.1) is 18.1 Å². The lowest BCUT2D eigenvalue weighted by Gasteiger charge is -2.16. The topological polar surface area (TPSA) is 99.4 Å². The largest absolute Gasteiger partial charge is 0.484 e. The molecular weight excluding hydrogens is 272 g/mol. The van der Waals surface area contributed by atoms with Crippen LogP contribution in [0.15, 0.2) is 24.3 Å². The van der Waals surface area contributed by atoms with Crippen LogP contribution < -0.4 is 10.1 Å². The molecule has 0 aromatic heterocycles. The molecule has 6 nitrogen and oxygen atoms in total. The Morgan fingerprint density at radius 3 is 2.57 bits per heavy atom. The molecule has 0 heterocycles. The maximum Gasteiger partial charge on any atom is 0.305 e. The molecule has 0 spiro atoms. The van der Waals surface area contributed by atoms with Gasteiger partial charge in [0.1, 0.15) is 5.75 Å². The Balaban J connectivity index is 2.44. The number of carboxylic acid groups (broad SMARTS) is 1. The van der Waals surface area contributed by atoms with Crippen LogP contribution in [0.5, 0.6) is 5.75 Å². The second-order valence-corrected chi connectivity index (χ2v) is 4.58. The molecule has 1 rings (SSSR count). The van der Waals surface area contributed by atoms with Gasteiger partial charge in [0.2, 0.25) is 0 Å². The summed E-state index contributed by atoms with van der Waals surface area (Å²) in [5, 5.41) is 20.1. The van der Waals surface area contributed by atoms with Crippen LogP contribution >= 0.6 is 0 Å². The second-order valence-electron chi connectivity index (χ2n) is 4.58. The van der Waals surface area contributed by atoms with Crippen molar-refractivity contribution in [2.45, 2.75) is 32.2 Å². The number of nitrogens with one attached hydrogen (secondary N) is 1. The van der Waals surface area contributed by atoms with Crippen LogP contribution in [0.25, 0.3) is 0 Å². The first-order valence-electron chi connectivity index (χ1n) is 6.69. The summed E-state index contributed by atoms with van der Waals surface area (Å²) in [6.45, 7) is 1.74. The van der Waals surface area contributed by atoms with Crippen LogP contribution in [0, 0.1) is 11.3 Å². The fourth-order valence-electron chi connectivity index (χ4n) is 1.83. The predicted octanol–water partition coefficient (Wildman–Crippen LogP) is 1.70. The van der Waals surface area contributed by atoms with Crippen molar-refractivity contribution in [3.63, 3.8) is 0 Å². The summed E-state index contributed by atoms with van der Waals surface area (Å²) in [6.07, 6.45) is 1.29. The quantitative estimate of drug-likeness (QED) is 0.759. The van der Waals surface area contributed by atoms with E-state index >= 15 is 0 Å². The number of carboxylic acids is 1. The van der Waals surface area contributed by atoms with Crippen molar-refractivity contribution < 1.29 is 19.4 Å². The Labute approximate surface area is 123 Å². The van der Waals surface area contributed by atoms with E-state index in [2.05, 4.69) is 5.32 Å². The standard InChI is InChI=1S/C15H18N2O4/c1-2-3-12(8-15(19)20)17-14(18)10-21-13-6-4-11(9-16)5-7-13/h4-7,12H,2-3,8,10H2,1H3,(H,17,18)(H,19,20). The zero-order valence-electron chi connectivity index (χ0n) is 11.8. The van der Waals surface area contributed by atoms with E-state index in [1.54, 1.807) is 24.3 Å². The van der Waals surface area contributed by atoms with E-state index in [4.69, 9.17) is 15.1 Å². The van der Waals surface area contributed by atoms with E-state index in [0.717, 1.165) is 6.42 Å². The van der Waals surface area contributed by atoms with Crippen molar-refractivity contribution in [2.24, 2.45) is 0 Å². The highest BCUT2D eigenvalue weighted by molar-refractivity contribution is 5.78. The first-order chi connectivity index (χ1) is 10.0. The average Bonchev–Trinajstić information content (AvgIpc) is 2.45. The molecule has 0 aliphatic heterocycles. The van der Waals surface area contributed by atoms with Gasteiger partial charge in [-0.05, 0) is 30.7 Å². The monoisotopic (exact) mass is 290 g/mol. The summed E-state index contributed by atoms with van der Waals surface area (Å²) >= 11 is 0. The number of aliphatic carboxylic acids is 1. The van der Waals surface area contributed by atoms with E-state index in [9.17, 15) is 9.59 Å². The number of amides is 1. The van der Waals surface area contributed by atoms with E-state index < -0.39 is 5.97 Å². The van der Waals surface area contributed by atoms with Crippen molar-refractivity contribution >= 4 is 11.9 Å². The lowest BCUT2D eigenvalue weighted by Crippen LogP contribution is -2.39. The van der Waals surface area contributed by atoms with E-state index in [0.29, 0.717) is 17.7 Å². The van der Waals surface area contributed by atoms with Crippen molar-refractivity contribution in [2.75, 3.05) is 6.61 Å². The number of rotatable bonds is 8. The molecule has 0 fully saturated rings. The SMILES string of the molecule is CCCC(CC(=O)O)NC(=O)COc1ccc(C#N)cc1. The van der Waals surface area contributed by atoms with Gasteiger partial charge in [-0.25, -0.2) is 0 Å². The van der Waals surface area contributed by atoms with Gasteiger partial charge >= 0.3 is 5.97 Å². The first kappa shape index (κ1) is 16.5. The summed E-state index contributed by atoms with van der Waals surface area (Å²) in [5.41, 5.74) is 0.510. The van der Waals surface area contributed by atoms with Crippen molar-refractivity contribution in [1.82, 2.24) is 5.32 Å². The molecule has 112 valence electrons. The lowest BCUT2D eigenvalue weighted by atomic mass is 10.1. The zero-order valence-corrected chi connectivity index (χ0v) is 11.8. The third kappa shape index (κ3) is 6.43. The molecular formula is C15H18N2O4. The highest BCUT2D eigenvalue weighted by atomic mass is 16.5. The third-order valence-corrected chi connectivity index (χ3v) is 2.78. The number of ether oxygens (including phenoxy) is 1. The van der Waals surface area contributed by atoms with Crippen LogP contribution in [0.4, 0.5) is 0 Å². The Morgan fingerprint density at radius 1 is 1.38 bits per heavy atom. The van der Waals surface area contributed by atoms with Gasteiger partial charge in [-0.1, -0.05) is 13.3 Å². The number of carbonyl (C=O) groups is 2. The first-order valence-corrected chi connectivity index (χ1v) is 6.69. The molecule has 1 atom stereocenters.